The molecule has 1 heterocycles. The first-order valence-corrected chi connectivity index (χ1v) is 9.01. The zero-order valence-corrected chi connectivity index (χ0v) is 16.2. The molecule has 0 radical (unpaired) electrons. The molecule has 0 spiro atoms. The van der Waals surface area contributed by atoms with Gasteiger partial charge >= 0.3 is 24.0 Å². The van der Waals surface area contributed by atoms with E-state index in [1.165, 1.54) is 7.11 Å². The van der Waals surface area contributed by atoms with Crippen LogP contribution in [0.4, 0.5) is 4.79 Å². The van der Waals surface area contributed by atoms with Gasteiger partial charge in [0, 0.05) is 6.42 Å². The van der Waals surface area contributed by atoms with Gasteiger partial charge in [0.25, 0.3) is 0 Å². The lowest BCUT2D eigenvalue weighted by molar-refractivity contribution is -0.154. The van der Waals surface area contributed by atoms with Crippen molar-refractivity contribution in [2.75, 3.05) is 7.11 Å². The van der Waals surface area contributed by atoms with Gasteiger partial charge in [-0.15, -0.1) is 0 Å². The van der Waals surface area contributed by atoms with Crippen LogP contribution in [0, 0.1) is 17.8 Å². The number of carbonyl (C=O) groups excluding carboxylic acids is 4. The van der Waals surface area contributed by atoms with Gasteiger partial charge in [-0.2, -0.15) is 0 Å². The summed E-state index contributed by atoms with van der Waals surface area (Å²) in [6.07, 6.45) is 0.0754. The van der Waals surface area contributed by atoms with E-state index in [0.717, 1.165) is 11.1 Å². The minimum absolute atomic E-state index is 0.162. The number of amides is 1. The topological polar surface area (TPSA) is 108 Å². The molecule has 1 amide bonds. The second-order valence-electron chi connectivity index (χ2n) is 8.57. The van der Waals surface area contributed by atoms with Crippen molar-refractivity contribution < 1.29 is 33.4 Å². The summed E-state index contributed by atoms with van der Waals surface area (Å²) >= 11 is 0. The normalized spacial score (nSPS) is 32.6. The SMILES string of the molecule is COC(=O)[C@]1(NC(=O)OC(C)(C)C)CC2=C(C)CC3C(=O)OC(=O)C3C2C1. The average molecular weight is 379 g/mol. The highest BCUT2D eigenvalue weighted by molar-refractivity contribution is 5.98. The molecule has 8 heteroatoms. The Kier molecular flexibility index (Phi) is 4.56. The van der Waals surface area contributed by atoms with Crippen molar-refractivity contribution in [2.45, 2.75) is 58.1 Å². The van der Waals surface area contributed by atoms with Crippen LogP contribution in [0.3, 0.4) is 0 Å². The molecule has 2 fully saturated rings. The Morgan fingerprint density at radius 3 is 2.44 bits per heavy atom. The predicted octanol–water partition coefficient (Wildman–Crippen LogP) is 1.87. The van der Waals surface area contributed by atoms with E-state index in [4.69, 9.17) is 14.2 Å². The van der Waals surface area contributed by atoms with E-state index in [1.807, 2.05) is 6.92 Å². The highest BCUT2D eigenvalue weighted by Gasteiger charge is 2.60. The Labute approximate surface area is 157 Å². The number of hydrogen-bond donors (Lipinski definition) is 1. The van der Waals surface area contributed by atoms with Crippen LogP contribution in [0.1, 0.15) is 47.0 Å². The van der Waals surface area contributed by atoms with Crippen molar-refractivity contribution in [1.29, 1.82) is 0 Å². The summed E-state index contributed by atoms with van der Waals surface area (Å²) in [5.74, 6) is -3.17. The molecule has 2 aliphatic carbocycles. The summed E-state index contributed by atoms with van der Waals surface area (Å²) in [4.78, 5) is 49.2. The number of alkyl carbamates (subject to hydrolysis) is 1. The number of methoxy groups -OCH3 is 1. The van der Waals surface area contributed by atoms with Gasteiger partial charge in [0.2, 0.25) is 0 Å². The summed E-state index contributed by atoms with van der Waals surface area (Å²) in [5.41, 5.74) is -0.206. The molecule has 1 saturated carbocycles. The van der Waals surface area contributed by atoms with Crippen molar-refractivity contribution in [3.05, 3.63) is 11.1 Å². The first-order chi connectivity index (χ1) is 12.5. The molecule has 0 aromatic rings. The van der Waals surface area contributed by atoms with Gasteiger partial charge in [0.1, 0.15) is 11.1 Å². The van der Waals surface area contributed by atoms with Gasteiger partial charge in [-0.1, -0.05) is 11.1 Å². The molecular formula is C19H25NO7. The van der Waals surface area contributed by atoms with Crippen molar-refractivity contribution in [3.8, 4) is 0 Å². The fraction of sp³-hybridized carbons (Fsp3) is 0.684. The number of allylic oxidation sites excluding steroid dienone is 1. The van der Waals surface area contributed by atoms with Crippen LogP contribution in [0.15, 0.2) is 11.1 Å². The number of cyclic esters (lactones) is 2. The first-order valence-electron chi connectivity index (χ1n) is 9.01. The molecule has 1 N–H and O–H groups in total. The van der Waals surface area contributed by atoms with E-state index in [-0.39, 0.29) is 18.8 Å². The highest BCUT2D eigenvalue weighted by Crippen LogP contribution is 2.53. The molecule has 1 aliphatic heterocycles. The predicted molar refractivity (Wildman–Crippen MR) is 92.2 cm³/mol. The maximum Gasteiger partial charge on any atom is 0.408 e. The Balaban J connectivity index is 1.93. The molecule has 3 aliphatic rings. The van der Waals surface area contributed by atoms with Gasteiger partial charge < -0.3 is 19.5 Å². The van der Waals surface area contributed by atoms with Crippen LogP contribution in [0.25, 0.3) is 0 Å². The molecule has 1 saturated heterocycles. The lowest BCUT2D eigenvalue weighted by Gasteiger charge is -2.30. The van der Waals surface area contributed by atoms with Gasteiger partial charge in [-0.25, -0.2) is 9.59 Å². The molecule has 0 aromatic carbocycles. The standard InChI is InChI=1S/C19H25NO7/c1-9-6-10-13(15(22)26-14(10)21)12-8-19(7-11(9)12,16(23)25-5)20-17(24)27-18(2,3)4/h10,12-13H,6-8H2,1-5H3,(H,20,24)/t10?,12?,13?,19-/m0/s1. The van der Waals surface area contributed by atoms with Gasteiger partial charge in [0.15, 0.2) is 0 Å². The first kappa shape index (κ1) is 19.4. The molecule has 3 unspecified atom stereocenters. The minimum Gasteiger partial charge on any atom is -0.467 e. The van der Waals surface area contributed by atoms with Crippen molar-refractivity contribution >= 4 is 24.0 Å². The van der Waals surface area contributed by atoms with Gasteiger partial charge in [0.05, 0.1) is 18.9 Å². The van der Waals surface area contributed by atoms with Crippen LogP contribution in [-0.4, -0.2) is 42.3 Å². The fourth-order valence-corrected chi connectivity index (χ4v) is 4.50. The monoisotopic (exact) mass is 379 g/mol. The number of esters is 3. The lowest BCUT2D eigenvalue weighted by Crippen LogP contribution is -2.54. The average Bonchev–Trinajstić information content (AvgIpc) is 3.04. The van der Waals surface area contributed by atoms with Crippen LogP contribution in [0.2, 0.25) is 0 Å². The van der Waals surface area contributed by atoms with Gasteiger partial charge in [-0.3, -0.25) is 9.59 Å². The maximum atomic E-state index is 12.6. The Hall–Kier alpha value is -2.38. The molecular weight excluding hydrogens is 354 g/mol. The van der Waals surface area contributed by atoms with E-state index < -0.39 is 47.0 Å². The third-order valence-electron chi connectivity index (χ3n) is 5.54. The zero-order chi connectivity index (χ0) is 20.1. The number of nitrogens with one attached hydrogen (secondary N) is 1. The molecule has 148 valence electrons. The van der Waals surface area contributed by atoms with E-state index in [2.05, 4.69) is 5.32 Å². The maximum absolute atomic E-state index is 12.6. The molecule has 4 atom stereocenters. The van der Waals surface area contributed by atoms with Crippen molar-refractivity contribution in [2.24, 2.45) is 17.8 Å². The summed E-state index contributed by atoms with van der Waals surface area (Å²) in [5, 5.41) is 2.68. The number of ether oxygens (including phenoxy) is 3. The molecule has 3 rings (SSSR count). The van der Waals surface area contributed by atoms with Crippen LogP contribution < -0.4 is 5.32 Å². The number of rotatable bonds is 2. The van der Waals surface area contributed by atoms with E-state index >= 15 is 0 Å². The van der Waals surface area contributed by atoms with Crippen molar-refractivity contribution in [3.63, 3.8) is 0 Å². The second-order valence-corrected chi connectivity index (χ2v) is 8.57. The number of carbonyl (C=O) groups is 4. The lowest BCUT2D eigenvalue weighted by atomic mass is 9.71. The van der Waals surface area contributed by atoms with Crippen LogP contribution in [0.5, 0.6) is 0 Å². The van der Waals surface area contributed by atoms with Crippen LogP contribution in [-0.2, 0) is 28.6 Å². The quantitative estimate of drug-likeness (QED) is 0.338. The summed E-state index contributed by atoms with van der Waals surface area (Å²) < 4.78 is 15.1. The van der Waals surface area contributed by atoms with E-state index in [9.17, 15) is 19.2 Å². The van der Waals surface area contributed by atoms with Crippen LogP contribution >= 0.6 is 0 Å². The number of hydrogen-bond acceptors (Lipinski definition) is 7. The smallest absolute Gasteiger partial charge is 0.408 e. The summed E-state index contributed by atoms with van der Waals surface area (Å²) in [7, 11) is 1.25. The Morgan fingerprint density at radius 1 is 1.19 bits per heavy atom. The zero-order valence-electron chi connectivity index (χ0n) is 16.2. The summed E-state index contributed by atoms with van der Waals surface area (Å²) in [6.45, 7) is 7.06. The molecule has 27 heavy (non-hydrogen) atoms. The van der Waals surface area contributed by atoms with Crippen molar-refractivity contribution in [1.82, 2.24) is 5.32 Å². The minimum atomic E-state index is -1.33. The van der Waals surface area contributed by atoms with E-state index in [1.54, 1.807) is 20.8 Å². The third-order valence-corrected chi connectivity index (χ3v) is 5.54. The highest BCUT2D eigenvalue weighted by atomic mass is 16.6. The fourth-order valence-electron chi connectivity index (χ4n) is 4.50. The van der Waals surface area contributed by atoms with E-state index in [0.29, 0.717) is 6.42 Å². The Morgan fingerprint density at radius 2 is 1.85 bits per heavy atom. The molecule has 0 bridgehead atoms. The van der Waals surface area contributed by atoms with Gasteiger partial charge in [-0.05, 0) is 46.5 Å². The Bertz CT molecular complexity index is 748. The molecule has 8 nitrogen and oxygen atoms in total. The largest absolute Gasteiger partial charge is 0.467 e. The second kappa shape index (κ2) is 6.35. The third kappa shape index (κ3) is 3.33. The molecule has 0 aromatic heterocycles. The summed E-state index contributed by atoms with van der Waals surface area (Å²) in [6, 6.07) is 0. The number of fused-ring (bicyclic) bond motifs is 3.